The summed E-state index contributed by atoms with van der Waals surface area (Å²) >= 11 is 1.93. The van der Waals surface area contributed by atoms with Gasteiger partial charge in [0.15, 0.2) is 0 Å². The van der Waals surface area contributed by atoms with Gasteiger partial charge in [-0.25, -0.2) is 0 Å². The van der Waals surface area contributed by atoms with Crippen LogP contribution < -0.4 is 5.73 Å². The first-order chi connectivity index (χ1) is 7.15. The lowest BCUT2D eigenvalue weighted by Gasteiger charge is -2.11. The Kier molecular flexibility index (Phi) is 5.03. The fourth-order valence-electron chi connectivity index (χ4n) is 1.60. The summed E-state index contributed by atoms with van der Waals surface area (Å²) in [4.78, 5) is 1.33. The van der Waals surface area contributed by atoms with Crippen LogP contribution in [0.15, 0.2) is 23.1 Å². The third-order valence-electron chi connectivity index (χ3n) is 2.63. The third kappa shape index (κ3) is 3.78. The van der Waals surface area contributed by atoms with E-state index >= 15 is 0 Å². The van der Waals surface area contributed by atoms with Crippen molar-refractivity contribution in [2.24, 2.45) is 5.92 Å². The lowest BCUT2D eigenvalue weighted by molar-refractivity contribution is 0.585. The molecule has 0 saturated heterocycles. The van der Waals surface area contributed by atoms with Crippen LogP contribution in [0.4, 0.5) is 5.69 Å². The molecule has 2 N–H and O–H groups in total. The number of rotatable bonds is 5. The Morgan fingerprint density at radius 3 is 2.80 bits per heavy atom. The van der Waals surface area contributed by atoms with E-state index in [1.165, 1.54) is 29.1 Å². The molecule has 0 radical (unpaired) electrons. The van der Waals surface area contributed by atoms with Crippen molar-refractivity contribution >= 4 is 17.4 Å². The molecule has 0 heterocycles. The molecular formula is C13H21NS. The van der Waals surface area contributed by atoms with Gasteiger partial charge in [0.25, 0.3) is 0 Å². The van der Waals surface area contributed by atoms with Crippen molar-refractivity contribution in [2.75, 3.05) is 11.5 Å². The molecule has 0 aliphatic rings. The quantitative estimate of drug-likeness (QED) is 0.600. The molecule has 1 unspecified atom stereocenters. The summed E-state index contributed by atoms with van der Waals surface area (Å²) in [5.41, 5.74) is 8.01. The van der Waals surface area contributed by atoms with E-state index in [9.17, 15) is 0 Å². The Labute approximate surface area is 97.4 Å². The molecule has 0 fully saturated rings. The highest BCUT2D eigenvalue weighted by molar-refractivity contribution is 7.99. The second-order valence-corrected chi connectivity index (χ2v) is 5.24. The molecule has 1 aromatic rings. The number of benzene rings is 1. The topological polar surface area (TPSA) is 26.0 Å². The van der Waals surface area contributed by atoms with Crippen LogP contribution in [0.5, 0.6) is 0 Å². The van der Waals surface area contributed by atoms with E-state index in [0.29, 0.717) is 0 Å². The molecule has 15 heavy (non-hydrogen) atoms. The largest absolute Gasteiger partial charge is 0.398 e. The number of nitrogen functional groups attached to an aromatic ring is 1. The maximum atomic E-state index is 5.87. The zero-order valence-corrected chi connectivity index (χ0v) is 10.7. The molecule has 2 heteroatoms. The van der Waals surface area contributed by atoms with E-state index in [0.717, 1.165) is 11.6 Å². The average molecular weight is 223 g/mol. The lowest BCUT2D eigenvalue weighted by atomic mass is 10.1. The average Bonchev–Trinajstić information content (AvgIpc) is 2.21. The summed E-state index contributed by atoms with van der Waals surface area (Å²) in [5.74, 6) is 1.99. The molecule has 0 bridgehead atoms. The van der Waals surface area contributed by atoms with Gasteiger partial charge < -0.3 is 5.73 Å². The predicted molar refractivity (Wildman–Crippen MR) is 70.4 cm³/mol. The highest BCUT2D eigenvalue weighted by Crippen LogP contribution is 2.28. The molecule has 0 aliphatic heterocycles. The summed E-state index contributed by atoms with van der Waals surface area (Å²) in [6.07, 6.45) is 2.59. The van der Waals surface area contributed by atoms with Gasteiger partial charge in [-0.2, -0.15) is 0 Å². The summed E-state index contributed by atoms with van der Waals surface area (Å²) in [7, 11) is 0. The molecule has 84 valence electrons. The molecule has 1 nitrogen and oxygen atoms in total. The Bertz CT molecular complexity index is 309. The van der Waals surface area contributed by atoms with Crippen LogP contribution in [-0.2, 0) is 0 Å². The summed E-state index contributed by atoms with van der Waals surface area (Å²) in [5, 5.41) is 0. The van der Waals surface area contributed by atoms with E-state index in [-0.39, 0.29) is 0 Å². The number of thioether (sulfide) groups is 1. The molecule has 0 saturated carbocycles. The SMILES string of the molecule is CCCC(C)CSc1cccc(N)c1C. The van der Waals surface area contributed by atoms with Crippen molar-refractivity contribution in [1.82, 2.24) is 0 Å². The highest BCUT2D eigenvalue weighted by Gasteiger charge is 2.05. The Hall–Kier alpha value is -0.630. The van der Waals surface area contributed by atoms with Gasteiger partial charge in [-0.15, -0.1) is 11.8 Å². The standard InChI is InChI=1S/C13H21NS/c1-4-6-10(2)9-15-13-8-5-7-12(14)11(13)3/h5,7-8,10H,4,6,9,14H2,1-3H3. The second kappa shape index (κ2) is 6.06. The first-order valence-corrected chi connectivity index (χ1v) is 6.61. The molecular weight excluding hydrogens is 202 g/mol. The zero-order chi connectivity index (χ0) is 11.3. The fraction of sp³-hybridized carbons (Fsp3) is 0.538. The molecule has 1 rings (SSSR count). The third-order valence-corrected chi connectivity index (χ3v) is 4.12. The predicted octanol–water partition coefficient (Wildman–Crippen LogP) is 4.11. The van der Waals surface area contributed by atoms with Crippen molar-refractivity contribution < 1.29 is 0 Å². The first kappa shape index (κ1) is 12.4. The van der Waals surface area contributed by atoms with Crippen molar-refractivity contribution in [2.45, 2.75) is 38.5 Å². The summed E-state index contributed by atoms with van der Waals surface area (Å²) < 4.78 is 0. The smallest absolute Gasteiger partial charge is 0.0354 e. The van der Waals surface area contributed by atoms with Crippen molar-refractivity contribution in [3.63, 3.8) is 0 Å². The normalized spacial score (nSPS) is 12.7. The molecule has 1 atom stereocenters. The van der Waals surface area contributed by atoms with E-state index in [1.54, 1.807) is 0 Å². The lowest BCUT2D eigenvalue weighted by Crippen LogP contribution is -1.98. The van der Waals surface area contributed by atoms with Crippen molar-refractivity contribution in [3.8, 4) is 0 Å². The Morgan fingerprint density at radius 1 is 1.40 bits per heavy atom. The van der Waals surface area contributed by atoms with Crippen LogP contribution in [0.3, 0.4) is 0 Å². The van der Waals surface area contributed by atoms with Crippen LogP contribution in [-0.4, -0.2) is 5.75 Å². The first-order valence-electron chi connectivity index (χ1n) is 5.63. The van der Waals surface area contributed by atoms with Crippen LogP contribution in [0.1, 0.15) is 32.3 Å². The number of hydrogen-bond donors (Lipinski definition) is 1. The van der Waals surface area contributed by atoms with Gasteiger partial charge in [-0.05, 0) is 30.5 Å². The van der Waals surface area contributed by atoms with Crippen LogP contribution >= 0.6 is 11.8 Å². The minimum absolute atomic E-state index is 0.792. The van der Waals surface area contributed by atoms with Crippen LogP contribution in [0.25, 0.3) is 0 Å². The number of nitrogens with two attached hydrogens (primary N) is 1. The van der Waals surface area contributed by atoms with Gasteiger partial charge in [-0.1, -0.05) is 32.8 Å². The number of hydrogen-bond acceptors (Lipinski definition) is 2. The molecule has 1 aromatic carbocycles. The van der Waals surface area contributed by atoms with Crippen molar-refractivity contribution in [3.05, 3.63) is 23.8 Å². The minimum Gasteiger partial charge on any atom is -0.398 e. The minimum atomic E-state index is 0.792. The van der Waals surface area contributed by atoms with Gasteiger partial charge in [0, 0.05) is 16.3 Å². The summed E-state index contributed by atoms with van der Waals surface area (Å²) in [6.45, 7) is 6.66. The maximum Gasteiger partial charge on any atom is 0.0354 e. The monoisotopic (exact) mass is 223 g/mol. The van der Waals surface area contributed by atoms with Crippen molar-refractivity contribution in [1.29, 1.82) is 0 Å². The summed E-state index contributed by atoms with van der Waals surface area (Å²) in [6, 6.07) is 6.17. The van der Waals surface area contributed by atoms with Gasteiger partial charge in [0.1, 0.15) is 0 Å². The molecule has 0 spiro atoms. The van der Waals surface area contributed by atoms with Gasteiger partial charge in [0.2, 0.25) is 0 Å². The zero-order valence-electron chi connectivity index (χ0n) is 9.92. The van der Waals surface area contributed by atoms with E-state index in [1.807, 2.05) is 23.9 Å². The molecule has 0 amide bonds. The van der Waals surface area contributed by atoms with E-state index < -0.39 is 0 Å². The Balaban J connectivity index is 2.54. The van der Waals surface area contributed by atoms with Crippen LogP contribution in [0.2, 0.25) is 0 Å². The fourth-order valence-corrected chi connectivity index (χ4v) is 2.74. The van der Waals surface area contributed by atoms with E-state index in [2.05, 4.69) is 26.8 Å². The second-order valence-electron chi connectivity index (χ2n) is 4.18. The highest BCUT2D eigenvalue weighted by atomic mass is 32.2. The van der Waals surface area contributed by atoms with E-state index in [4.69, 9.17) is 5.73 Å². The molecule has 0 aliphatic carbocycles. The maximum absolute atomic E-state index is 5.87. The Morgan fingerprint density at radius 2 is 2.13 bits per heavy atom. The molecule has 0 aromatic heterocycles. The number of anilines is 1. The van der Waals surface area contributed by atoms with Crippen LogP contribution in [0, 0.1) is 12.8 Å². The van der Waals surface area contributed by atoms with Gasteiger partial charge in [-0.3, -0.25) is 0 Å². The van der Waals surface area contributed by atoms with Gasteiger partial charge in [0.05, 0.1) is 0 Å². The van der Waals surface area contributed by atoms with Gasteiger partial charge >= 0.3 is 0 Å².